The maximum atomic E-state index is 13.2. The molecule has 0 unspecified atom stereocenters. The molecule has 31 heavy (non-hydrogen) atoms. The third kappa shape index (κ3) is 4.73. The van der Waals surface area contributed by atoms with Crippen molar-refractivity contribution >= 4 is 32.4 Å². The van der Waals surface area contributed by atoms with Gasteiger partial charge in [0.05, 0.1) is 17.1 Å². The van der Waals surface area contributed by atoms with Crippen molar-refractivity contribution in [3.8, 4) is 5.75 Å². The number of sulfonamides is 1. The predicted molar refractivity (Wildman–Crippen MR) is 124 cm³/mol. The molecule has 1 amide bonds. The molecule has 0 saturated carbocycles. The van der Waals surface area contributed by atoms with E-state index in [0.717, 1.165) is 16.3 Å². The molecule has 0 heterocycles. The summed E-state index contributed by atoms with van der Waals surface area (Å²) in [6, 6.07) is 16.2. The molecule has 0 aliphatic carbocycles. The van der Waals surface area contributed by atoms with Crippen LogP contribution < -0.4 is 10.1 Å². The third-order valence-corrected chi connectivity index (χ3v) is 7.24. The molecule has 1 N–H and O–H groups in total. The SMILES string of the molecule is CCOc1cc2ccccc2cc1C(=O)Nc1cc(S(=O)(=O)N(CC)CC)ccc1C. The van der Waals surface area contributed by atoms with Crippen molar-refractivity contribution in [1.29, 1.82) is 0 Å². The highest BCUT2D eigenvalue weighted by Crippen LogP contribution is 2.29. The van der Waals surface area contributed by atoms with Crippen molar-refractivity contribution in [1.82, 2.24) is 4.31 Å². The number of carbonyl (C=O) groups excluding carboxylic acids is 1. The maximum absolute atomic E-state index is 13.2. The molecule has 0 aliphatic heterocycles. The Morgan fingerprint density at radius 1 is 0.968 bits per heavy atom. The lowest BCUT2D eigenvalue weighted by atomic mass is 10.0. The maximum Gasteiger partial charge on any atom is 0.259 e. The number of nitrogens with one attached hydrogen (secondary N) is 1. The van der Waals surface area contributed by atoms with E-state index >= 15 is 0 Å². The fourth-order valence-electron chi connectivity index (χ4n) is 3.47. The molecular formula is C24H28N2O4S. The number of rotatable bonds is 8. The molecule has 0 atom stereocenters. The number of aryl methyl sites for hydroxylation is 1. The number of nitrogens with zero attached hydrogens (tertiary/aromatic N) is 1. The summed E-state index contributed by atoms with van der Waals surface area (Å²) >= 11 is 0. The van der Waals surface area contributed by atoms with Crippen LogP contribution in [-0.2, 0) is 10.0 Å². The van der Waals surface area contributed by atoms with E-state index in [9.17, 15) is 13.2 Å². The number of anilines is 1. The number of carbonyl (C=O) groups is 1. The minimum atomic E-state index is -3.63. The lowest BCUT2D eigenvalue weighted by Crippen LogP contribution is -2.30. The van der Waals surface area contributed by atoms with Gasteiger partial charge in [-0.1, -0.05) is 44.2 Å². The van der Waals surface area contributed by atoms with Crippen LogP contribution in [0.15, 0.2) is 59.5 Å². The fraction of sp³-hybridized carbons (Fsp3) is 0.292. The van der Waals surface area contributed by atoms with Crippen LogP contribution in [0.25, 0.3) is 10.8 Å². The number of benzene rings is 3. The topological polar surface area (TPSA) is 75.7 Å². The van der Waals surface area contributed by atoms with Crippen molar-refractivity contribution in [2.45, 2.75) is 32.6 Å². The Morgan fingerprint density at radius 2 is 1.61 bits per heavy atom. The summed E-state index contributed by atoms with van der Waals surface area (Å²) < 4.78 is 32.9. The molecule has 0 fully saturated rings. The number of amides is 1. The van der Waals surface area contributed by atoms with Gasteiger partial charge in [0, 0.05) is 18.8 Å². The van der Waals surface area contributed by atoms with Gasteiger partial charge in [-0.05, 0) is 54.4 Å². The lowest BCUT2D eigenvalue weighted by molar-refractivity contribution is 0.102. The normalized spacial score (nSPS) is 11.6. The summed E-state index contributed by atoms with van der Waals surface area (Å²) in [6.07, 6.45) is 0. The molecule has 0 aliphatic rings. The average molecular weight is 441 g/mol. The fourth-order valence-corrected chi connectivity index (χ4v) is 4.96. The van der Waals surface area contributed by atoms with Gasteiger partial charge in [0.15, 0.2) is 0 Å². The van der Waals surface area contributed by atoms with Crippen molar-refractivity contribution in [2.24, 2.45) is 0 Å². The zero-order valence-corrected chi connectivity index (χ0v) is 19.1. The molecule has 3 rings (SSSR count). The van der Waals surface area contributed by atoms with Crippen LogP contribution in [0.3, 0.4) is 0 Å². The molecule has 6 nitrogen and oxygen atoms in total. The van der Waals surface area contributed by atoms with Crippen LogP contribution in [0.5, 0.6) is 5.75 Å². The van der Waals surface area contributed by atoms with E-state index in [0.29, 0.717) is 36.7 Å². The average Bonchev–Trinajstić information content (AvgIpc) is 2.75. The summed E-state index contributed by atoms with van der Waals surface area (Å²) in [6.45, 7) is 8.47. The Balaban J connectivity index is 1.99. The van der Waals surface area contributed by atoms with Crippen molar-refractivity contribution in [3.63, 3.8) is 0 Å². The first-order valence-corrected chi connectivity index (χ1v) is 11.8. The van der Waals surface area contributed by atoms with Gasteiger partial charge >= 0.3 is 0 Å². The zero-order chi connectivity index (χ0) is 22.6. The van der Waals surface area contributed by atoms with Gasteiger partial charge in [-0.15, -0.1) is 0 Å². The number of fused-ring (bicyclic) bond motifs is 1. The van der Waals surface area contributed by atoms with Crippen LogP contribution in [0.2, 0.25) is 0 Å². The van der Waals surface area contributed by atoms with Gasteiger partial charge in [-0.25, -0.2) is 8.42 Å². The van der Waals surface area contributed by atoms with Crippen molar-refractivity contribution in [2.75, 3.05) is 25.0 Å². The second kappa shape index (κ2) is 9.49. The molecule has 3 aromatic carbocycles. The van der Waals surface area contributed by atoms with E-state index in [1.165, 1.54) is 10.4 Å². The van der Waals surface area contributed by atoms with E-state index in [-0.39, 0.29) is 10.8 Å². The van der Waals surface area contributed by atoms with E-state index in [1.807, 2.05) is 44.2 Å². The Labute approximate surface area is 183 Å². The number of ether oxygens (including phenoxy) is 1. The van der Waals surface area contributed by atoms with Crippen LogP contribution >= 0.6 is 0 Å². The number of hydrogen-bond donors (Lipinski definition) is 1. The summed E-state index contributed by atoms with van der Waals surface area (Å²) in [5, 5.41) is 4.78. The van der Waals surface area contributed by atoms with Gasteiger partial charge in [0.2, 0.25) is 10.0 Å². The minimum Gasteiger partial charge on any atom is -0.493 e. The summed E-state index contributed by atoms with van der Waals surface area (Å²) in [7, 11) is -3.63. The van der Waals surface area contributed by atoms with Crippen LogP contribution in [0, 0.1) is 6.92 Å². The van der Waals surface area contributed by atoms with Gasteiger partial charge in [0.25, 0.3) is 5.91 Å². The quantitative estimate of drug-likeness (QED) is 0.544. The highest BCUT2D eigenvalue weighted by molar-refractivity contribution is 7.89. The zero-order valence-electron chi connectivity index (χ0n) is 18.3. The Bertz CT molecular complexity index is 1200. The lowest BCUT2D eigenvalue weighted by Gasteiger charge is -2.19. The van der Waals surface area contributed by atoms with E-state index in [2.05, 4.69) is 5.32 Å². The second-order valence-electron chi connectivity index (χ2n) is 7.15. The second-order valence-corrected chi connectivity index (χ2v) is 9.09. The molecule has 0 aromatic heterocycles. The van der Waals surface area contributed by atoms with Gasteiger partial charge in [-0.2, -0.15) is 4.31 Å². The molecule has 7 heteroatoms. The molecule has 0 bridgehead atoms. The standard InChI is InChI=1S/C24H28N2O4S/c1-5-26(6-2)31(28,29)20-13-12-17(4)22(16-20)25-24(27)21-14-18-10-8-9-11-19(18)15-23(21)30-7-3/h8-16H,5-7H2,1-4H3,(H,25,27). The van der Waals surface area contributed by atoms with Gasteiger partial charge in [0.1, 0.15) is 5.75 Å². The first-order chi connectivity index (χ1) is 14.8. The minimum absolute atomic E-state index is 0.153. The Morgan fingerprint density at radius 3 is 2.23 bits per heavy atom. The smallest absolute Gasteiger partial charge is 0.259 e. The molecule has 164 valence electrons. The first-order valence-electron chi connectivity index (χ1n) is 10.4. The van der Waals surface area contributed by atoms with Crippen LogP contribution in [0.1, 0.15) is 36.7 Å². The van der Waals surface area contributed by atoms with Crippen LogP contribution in [0.4, 0.5) is 5.69 Å². The van der Waals surface area contributed by atoms with E-state index < -0.39 is 10.0 Å². The van der Waals surface area contributed by atoms with Crippen LogP contribution in [-0.4, -0.2) is 38.3 Å². The largest absolute Gasteiger partial charge is 0.493 e. The van der Waals surface area contributed by atoms with Crippen molar-refractivity contribution in [3.05, 3.63) is 65.7 Å². The molecular weight excluding hydrogens is 412 g/mol. The molecule has 3 aromatic rings. The van der Waals surface area contributed by atoms with Crippen molar-refractivity contribution < 1.29 is 17.9 Å². The van der Waals surface area contributed by atoms with Gasteiger partial charge < -0.3 is 10.1 Å². The van der Waals surface area contributed by atoms with E-state index in [1.54, 1.807) is 32.0 Å². The molecule has 0 radical (unpaired) electrons. The molecule has 0 spiro atoms. The predicted octanol–water partition coefficient (Wildman–Crippen LogP) is 4.83. The summed E-state index contributed by atoms with van der Waals surface area (Å²) in [5.74, 6) is 0.137. The van der Waals surface area contributed by atoms with Gasteiger partial charge in [-0.3, -0.25) is 4.79 Å². The summed E-state index contributed by atoms with van der Waals surface area (Å²) in [5.41, 5.74) is 1.62. The Hall–Kier alpha value is -2.90. The summed E-state index contributed by atoms with van der Waals surface area (Å²) in [4.78, 5) is 13.3. The third-order valence-electron chi connectivity index (χ3n) is 5.19. The number of hydrogen-bond acceptors (Lipinski definition) is 4. The first kappa shape index (κ1) is 22.8. The monoisotopic (exact) mass is 440 g/mol. The van der Waals surface area contributed by atoms with E-state index in [4.69, 9.17) is 4.74 Å². The Kier molecular flexibility index (Phi) is 6.97. The highest BCUT2D eigenvalue weighted by atomic mass is 32.2. The highest BCUT2D eigenvalue weighted by Gasteiger charge is 2.23. The molecule has 0 saturated heterocycles.